The smallest absolute Gasteiger partial charge is 0.260 e. The Labute approximate surface area is 202 Å². The molecule has 0 spiro atoms. The molecular weight excluding hydrogens is 426 g/mol. The quantitative estimate of drug-likeness (QED) is 0.522. The van der Waals surface area contributed by atoms with Gasteiger partial charge in [0.1, 0.15) is 6.07 Å². The fourth-order valence-electron chi connectivity index (χ4n) is 5.83. The molecule has 0 unspecified atom stereocenters. The Bertz CT molecular complexity index is 1120. The third kappa shape index (κ3) is 5.25. The second-order valence-corrected chi connectivity index (χ2v) is 10.5. The maximum atomic E-state index is 13.1. The number of fused-ring (bicyclic) bond motifs is 2. The predicted octanol–water partition coefficient (Wildman–Crippen LogP) is 5.35. The summed E-state index contributed by atoms with van der Waals surface area (Å²) in [5, 5.41) is 9.58. The van der Waals surface area contributed by atoms with E-state index < -0.39 is 0 Å². The molecule has 2 bridgehead atoms. The normalized spacial score (nSPS) is 23.3. The van der Waals surface area contributed by atoms with Crippen LogP contribution in [0.1, 0.15) is 58.2 Å². The van der Waals surface area contributed by atoms with Crippen LogP contribution >= 0.6 is 0 Å². The van der Waals surface area contributed by atoms with E-state index in [0.29, 0.717) is 35.4 Å². The molecule has 1 aliphatic heterocycles. The number of nitriles is 1. The molecule has 1 aromatic heterocycles. The Kier molecular flexibility index (Phi) is 6.65. The monoisotopic (exact) mass is 459 g/mol. The lowest BCUT2D eigenvalue weighted by Gasteiger charge is -2.39. The van der Waals surface area contributed by atoms with Gasteiger partial charge in [0, 0.05) is 18.8 Å². The van der Waals surface area contributed by atoms with Crippen molar-refractivity contribution in [2.24, 2.45) is 10.8 Å². The Morgan fingerprint density at radius 2 is 2.03 bits per heavy atom. The Morgan fingerprint density at radius 3 is 2.74 bits per heavy atom. The Hall–Kier alpha value is -3.33. The van der Waals surface area contributed by atoms with E-state index in [1.807, 2.05) is 36.1 Å². The minimum atomic E-state index is -0.0142. The molecule has 6 heteroatoms. The minimum Gasteiger partial charge on any atom is -0.490 e. The number of benzene rings is 1. The zero-order valence-electron chi connectivity index (χ0n) is 20.5. The number of likely N-dealkylation sites (tertiary alicyclic amines) is 1. The van der Waals surface area contributed by atoms with Gasteiger partial charge in [-0.15, -0.1) is 0 Å². The molecule has 2 aliphatic rings. The average molecular weight is 460 g/mol. The largest absolute Gasteiger partial charge is 0.490 e. The van der Waals surface area contributed by atoms with E-state index in [0.717, 1.165) is 31.4 Å². The summed E-state index contributed by atoms with van der Waals surface area (Å²) in [5.41, 5.74) is 2.33. The number of allylic oxidation sites excluding steroid dienone is 1. The van der Waals surface area contributed by atoms with Crippen LogP contribution in [0, 0.1) is 22.2 Å². The number of ether oxygens (including phenoxy) is 2. The van der Waals surface area contributed by atoms with Crippen LogP contribution in [0.3, 0.4) is 0 Å². The topological polar surface area (TPSA) is 75.5 Å². The molecule has 2 atom stereocenters. The van der Waals surface area contributed by atoms with Gasteiger partial charge in [0.15, 0.2) is 18.1 Å². The van der Waals surface area contributed by atoms with Crippen LogP contribution in [-0.2, 0) is 4.79 Å². The van der Waals surface area contributed by atoms with E-state index in [1.54, 1.807) is 24.4 Å². The summed E-state index contributed by atoms with van der Waals surface area (Å²) >= 11 is 0. The third-order valence-corrected chi connectivity index (χ3v) is 6.73. The molecule has 0 N–H and O–H groups in total. The minimum absolute atomic E-state index is 0.0142. The first-order valence-electron chi connectivity index (χ1n) is 11.9. The summed E-state index contributed by atoms with van der Waals surface area (Å²) in [5.74, 6) is 1.10. The zero-order valence-corrected chi connectivity index (χ0v) is 20.5. The molecule has 2 fully saturated rings. The van der Waals surface area contributed by atoms with Crippen molar-refractivity contribution in [3.63, 3.8) is 0 Å². The predicted molar refractivity (Wildman–Crippen MR) is 132 cm³/mol. The van der Waals surface area contributed by atoms with Crippen molar-refractivity contribution in [2.45, 2.75) is 53.0 Å². The van der Waals surface area contributed by atoms with Gasteiger partial charge in [0.2, 0.25) is 0 Å². The second kappa shape index (κ2) is 9.50. The van der Waals surface area contributed by atoms with Crippen LogP contribution < -0.4 is 9.47 Å². The first kappa shape index (κ1) is 23.8. The van der Waals surface area contributed by atoms with E-state index in [-0.39, 0.29) is 23.3 Å². The van der Waals surface area contributed by atoms with Gasteiger partial charge >= 0.3 is 0 Å². The van der Waals surface area contributed by atoms with Gasteiger partial charge in [-0.2, -0.15) is 5.26 Å². The van der Waals surface area contributed by atoms with Crippen molar-refractivity contribution in [1.29, 1.82) is 5.26 Å². The van der Waals surface area contributed by atoms with Crippen LogP contribution in [0.15, 0.2) is 42.6 Å². The lowest BCUT2D eigenvalue weighted by atomic mass is 9.65. The summed E-state index contributed by atoms with van der Waals surface area (Å²) in [6.07, 6.45) is 6.69. The lowest BCUT2D eigenvalue weighted by Crippen LogP contribution is -2.40. The summed E-state index contributed by atoms with van der Waals surface area (Å²) in [6, 6.07) is 13.4. The number of amides is 1. The third-order valence-electron chi connectivity index (χ3n) is 6.73. The molecule has 6 nitrogen and oxygen atoms in total. The highest BCUT2D eigenvalue weighted by Crippen LogP contribution is 2.52. The number of hydrogen-bond donors (Lipinski definition) is 0. The van der Waals surface area contributed by atoms with Crippen LogP contribution in [0.5, 0.6) is 11.5 Å². The molecule has 1 aromatic carbocycles. The lowest BCUT2D eigenvalue weighted by molar-refractivity contribution is -0.134. The Morgan fingerprint density at radius 1 is 1.21 bits per heavy atom. The summed E-state index contributed by atoms with van der Waals surface area (Å²) < 4.78 is 11.7. The van der Waals surface area contributed by atoms with Crippen molar-refractivity contribution in [1.82, 2.24) is 9.88 Å². The number of carbonyl (C=O) groups excluding carboxylic acids is 1. The zero-order chi connectivity index (χ0) is 24.3. The van der Waals surface area contributed by atoms with Crippen LogP contribution in [0.25, 0.3) is 11.6 Å². The van der Waals surface area contributed by atoms with Crippen molar-refractivity contribution < 1.29 is 14.3 Å². The van der Waals surface area contributed by atoms with Crippen LogP contribution in [-0.4, -0.2) is 41.6 Å². The van der Waals surface area contributed by atoms with E-state index in [2.05, 4.69) is 31.8 Å². The van der Waals surface area contributed by atoms with Crippen LogP contribution in [0.2, 0.25) is 0 Å². The molecule has 0 radical (unpaired) electrons. The van der Waals surface area contributed by atoms with Crippen molar-refractivity contribution in [3.8, 4) is 17.6 Å². The highest BCUT2D eigenvalue weighted by molar-refractivity contribution is 5.88. The van der Waals surface area contributed by atoms with Gasteiger partial charge in [-0.25, -0.2) is 0 Å². The number of aromatic nitrogens is 1. The van der Waals surface area contributed by atoms with Gasteiger partial charge in [0.05, 0.1) is 17.9 Å². The molecular formula is C28H33N3O3. The highest BCUT2D eigenvalue weighted by atomic mass is 16.5. The standard InChI is InChI=1S/C28H33N3O3/c1-5-33-25-13-20(12-21(16-29)23-8-6-7-11-30-23)9-10-24(25)34-17-26(32)31-19-28(4)15-22(31)14-27(2,3)18-28/h6-13,22H,5,14-15,17-19H2,1-4H3/b21-12-/t22-,28-/m1/s1. The number of rotatable bonds is 7. The van der Waals surface area contributed by atoms with Gasteiger partial charge in [-0.3, -0.25) is 9.78 Å². The molecule has 1 amide bonds. The Balaban J connectivity index is 1.48. The summed E-state index contributed by atoms with van der Waals surface area (Å²) in [7, 11) is 0. The first-order chi connectivity index (χ1) is 16.2. The summed E-state index contributed by atoms with van der Waals surface area (Å²) in [6.45, 7) is 10.1. The fourth-order valence-corrected chi connectivity index (χ4v) is 5.83. The maximum absolute atomic E-state index is 13.1. The molecule has 4 rings (SSSR count). The fraction of sp³-hybridized carbons (Fsp3) is 0.464. The van der Waals surface area contributed by atoms with E-state index in [4.69, 9.17) is 9.47 Å². The van der Waals surface area contributed by atoms with Gasteiger partial charge in [0.25, 0.3) is 5.91 Å². The molecule has 178 valence electrons. The SMILES string of the molecule is CCOc1cc(/C=C(/C#N)c2ccccn2)ccc1OCC(=O)N1C[C@]2(C)C[C@H]1CC(C)(C)C2. The number of hydrogen-bond acceptors (Lipinski definition) is 5. The highest BCUT2D eigenvalue weighted by Gasteiger charge is 2.50. The average Bonchev–Trinajstić information content (AvgIpc) is 3.06. The van der Waals surface area contributed by atoms with Crippen molar-refractivity contribution in [2.75, 3.05) is 19.8 Å². The van der Waals surface area contributed by atoms with Crippen molar-refractivity contribution >= 4 is 17.6 Å². The molecule has 1 saturated carbocycles. The molecule has 2 aromatic rings. The second-order valence-electron chi connectivity index (χ2n) is 10.5. The molecule has 1 aliphatic carbocycles. The van der Waals surface area contributed by atoms with Gasteiger partial charge in [-0.05, 0) is 72.9 Å². The summed E-state index contributed by atoms with van der Waals surface area (Å²) in [4.78, 5) is 19.4. The maximum Gasteiger partial charge on any atom is 0.260 e. The molecule has 1 saturated heterocycles. The van der Waals surface area contributed by atoms with E-state index in [9.17, 15) is 10.1 Å². The molecule has 34 heavy (non-hydrogen) atoms. The number of pyridine rings is 1. The number of nitrogens with zero attached hydrogens (tertiary/aromatic N) is 3. The molecule has 2 heterocycles. The van der Waals surface area contributed by atoms with Gasteiger partial charge in [-0.1, -0.05) is 32.9 Å². The van der Waals surface area contributed by atoms with Crippen LogP contribution in [0.4, 0.5) is 0 Å². The number of carbonyl (C=O) groups is 1. The van der Waals surface area contributed by atoms with Gasteiger partial charge < -0.3 is 14.4 Å². The van der Waals surface area contributed by atoms with Crippen molar-refractivity contribution in [3.05, 3.63) is 53.9 Å². The van der Waals surface area contributed by atoms with E-state index in [1.165, 1.54) is 0 Å². The first-order valence-corrected chi connectivity index (χ1v) is 11.9. The van der Waals surface area contributed by atoms with E-state index >= 15 is 0 Å².